The average molecular weight is 562 g/mol. The Hall–Kier alpha value is -3.15. The average Bonchev–Trinajstić information content (AvgIpc) is 2.78. The van der Waals surface area contributed by atoms with E-state index in [-0.39, 0.29) is 42.1 Å². The van der Waals surface area contributed by atoms with Gasteiger partial charge in [0.05, 0.1) is 18.0 Å². The zero-order chi connectivity index (χ0) is 29.4. The van der Waals surface area contributed by atoms with Crippen molar-refractivity contribution >= 4 is 17.5 Å². The minimum absolute atomic E-state index is 0.144. The van der Waals surface area contributed by atoms with E-state index >= 15 is 0 Å². The number of carbonyl (C=O) groups excluding carboxylic acids is 1. The van der Waals surface area contributed by atoms with Crippen LogP contribution in [-0.4, -0.2) is 54.1 Å². The van der Waals surface area contributed by atoms with E-state index in [1.165, 1.54) is 29.2 Å². The van der Waals surface area contributed by atoms with Gasteiger partial charge in [-0.25, -0.2) is 4.79 Å². The summed E-state index contributed by atoms with van der Waals surface area (Å²) in [7, 11) is 0. The zero-order valence-electron chi connectivity index (χ0n) is 22.4. The molecule has 0 aliphatic carbocycles. The first kappa shape index (κ1) is 30.4. The molecular formula is C27H33F6N3O3. The van der Waals surface area contributed by atoms with Crippen molar-refractivity contribution in [3.8, 4) is 0 Å². The summed E-state index contributed by atoms with van der Waals surface area (Å²) in [6.07, 6.45) is -12.2. The van der Waals surface area contributed by atoms with Crippen molar-refractivity contribution in [2.24, 2.45) is 0 Å². The molecule has 2 N–H and O–H groups in total. The Balaban J connectivity index is 1.95. The Morgan fingerprint density at radius 3 is 2.03 bits per heavy atom. The first-order chi connectivity index (χ1) is 17.9. The van der Waals surface area contributed by atoms with Gasteiger partial charge in [0.15, 0.2) is 0 Å². The predicted octanol–water partition coefficient (Wildman–Crippen LogP) is 6.64. The van der Waals surface area contributed by atoms with Gasteiger partial charge in [-0.15, -0.1) is 0 Å². The van der Waals surface area contributed by atoms with E-state index in [9.17, 15) is 31.1 Å². The Bertz CT molecular complexity index is 1130. The molecule has 1 aliphatic rings. The molecule has 2 atom stereocenters. The lowest BCUT2D eigenvalue weighted by Gasteiger charge is -2.45. The third kappa shape index (κ3) is 6.37. The summed E-state index contributed by atoms with van der Waals surface area (Å²) >= 11 is 0. The predicted molar refractivity (Wildman–Crippen MR) is 135 cm³/mol. The molecule has 1 aliphatic heterocycles. The topological polar surface area (TPSA) is 68.0 Å². The number of rotatable bonds is 5. The van der Waals surface area contributed by atoms with Gasteiger partial charge in [0, 0.05) is 30.7 Å². The maximum absolute atomic E-state index is 14.3. The Morgan fingerprint density at radius 1 is 0.923 bits per heavy atom. The van der Waals surface area contributed by atoms with Gasteiger partial charge >= 0.3 is 18.4 Å². The van der Waals surface area contributed by atoms with Crippen LogP contribution in [0.2, 0.25) is 0 Å². The number of amides is 1. The highest BCUT2D eigenvalue weighted by Crippen LogP contribution is 2.54. The minimum Gasteiger partial charge on any atom is -0.444 e. The summed E-state index contributed by atoms with van der Waals surface area (Å²) in [5.74, 6) is 0. The molecule has 0 bridgehead atoms. The van der Waals surface area contributed by atoms with Crippen LogP contribution in [0.3, 0.4) is 0 Å². The number of halogens is 6. The van der Waals surface area contributed by atoms with Crippen LogP contribution in [0, 0.1) is 0 Å². The second-order valence-corrected chi connectivity index (χ2v) is 10.7. The lowest BCUT2D eigenvalue weighted by atomic mass is 9.90. The van der Waals surface area contributed by atoms with E-state index in [1.54, 1.807) is 45.6 Å². The Morgan fingerprint density at radius 2 is 1.51 bits per heavy atom. The highest BCUT2D eigenvalue weighted by Gasteiger charge is 2.73. The van der Waals surface area contributed by atoms with E-state index in [4.69, 9.17) is 15.2 Å². The fourth-order valence-corrected chi connectivity index (χ4v) is 4.57. The molecule has 12 heteroatoms. The molecule has 1 amide bonds. The summed E-state index contributed by atoms with van der Waals surface area (Å²) in [5.41, 5.74) is -0.270. The van der Waals surface area contributed by atoms with Crippen molar-refractivity contribution in [1.29, 1.82) is 0 Å². The number of nitrogen functional groups attached to an aromatic ring is 1. The monoisotopic (exact) mass is 561 g/mol. The summed E-state index contributed by atoms with van der Waals surface area (Å²) in [6.45, 7) is 8.28. The molecule has 2 aromatic rings. The first-order valence-corrected chi connectivity index (χ1v) is 12.3. The maximum atomic E-state index is 14.3. The van der Waals surface area contributed by atoms with Crippen LogP contribution in [0.15, 0.2) is 48.5 Å². The number of ether oxygens (including phenoxy) is 2. The van der Waals surface area contributed by atoms with Crippen molar-refractivity contribution in [2.45, 2.75) is 76.9 Å². The zero-order valence-corrected chi connectivity index (χ0v) is 22.4. The van der Waals surface area contributed by atoms with Gasteiger partial charge in [0.1, 0.15) is 5.60 Å². The number of carbonyl (C=O) groups is 1. The van der Waals surface area contributed by atoms with E-state index in [0.717, 1.165) is 12.1 Å². The van der Waals surface area contributed by atoms with E-state index in [1.807, 2.05) is 0 Å². The molecule has 0 radical (unpaired) electrons. The molecule has 0 aromatic heterocycles. The van der Waals surface area contributed by atoms with Gasteiger partial charge in [-0.3, -0.25) is 0 Å². The molecule has 2 unspecified atom stereocenters. The van der Waals surface area contributed by atoms with Crippen LogP contribution in [0.5, 0.6) is 0 Å². The molecule has 1 fully saturated rings. The number of hydrogen-bond acceptors (Lipinski definition) is 5. The van der Waals surface area contributed by atoms with Crippen LogP contribution in [0.25, 0.3) is 0 Å². The van der Waals surface area contributed by atoms with Crippen LogP contribution in [-0.2, 0) is 21.7 Å². The number of anilines is 2. The van der Waals surface area contributed by atoms with Crippen LogP contribution in [0.4, 0.5) is 42.5 Å². The van der Waals surface area contributed by atoms with Crippen molar-refractivity contribution in [3.05, 3.63) is 59.7 Å². The molecular weight excluding hydrogens is 528 g/mol. The van der Waals surface area contributed by atoms with Gasteiger partial charge < -0.3 is 25.0 Å². The molecule has 3 rings (SSSR count). The number of piperazine rings is 1. The van der Waals surface area contributed by atoms with Crippen molar-refractivity contribution in [2.75, 3.05) is 23.7 Å². The Kier molecular flexibility index (Phi) is 8.40. The van der Waals surface area contributed by atoms with Crippen molar-refractivity contribution in [3.63, 3.8) is 0 Å². The maximum Gasteiger partial charge on any atom is 0.430 e. The normalized spacial score (nSPS) is 19.3. The number of nitrogens with two attached hydrogens (primary N) is 1. The highest BCUT2D eigenvalue weighted by molar-refractivity contribution is 5.72. The summed E-state index contributed by atoms with van der Waals surface area (Å²) in [4.78, 5) is 15.9. The molecule has 1 heterocycles. The molecule has 0 spiro atoms. The molecule has 0 saturated carbocycles. The fourth-order valence-electron chi connectivity index (χ4n) is 4.57. The van der Waals surface area contributed by atoms with Crippen molar-refractivity contribution < 1.29 is 40.6 Å². The summed E-state index contributed by atoms with van der Waals surface area (Å²) in [5, 5.41) is 0. The largest absolute Gasteiger partial charge is 0.444 e. The number of benzene rings is 2. The standard InChI is InChI=1S/C27H33F6N3O3/c1-17-15-36(23(37)39-24(3,4)5)18(2)14-35(17)22-12-11-20(13-21(22)34)25(26(28,29)30,27(31,32)33)38-16-19-9-7-6-8-10-19/h6-13,17-18H,14-16,34H2,1-5H3. The van der Waals surface area contributed by atoms with E-state index < -0.39 is 41.8 Å². The van der Waals surface area contributed by atoms with Gasteiger partial charge in [-0.05, 0) is 52.3 Å². The lowest BCUT2D eigenvalue weighted by Crippen LogP contribution is -2.59. The molecule has 216 valence electrons. The van der Waals surface area contributed by atoms with Crippen molar-refractivity contribution in [1.82, 2.24) is 4.90 Å². The third-order valence-corrected chi connectivity index (χ3v) is 6.45. The molecule has 39 heavy (non-hydrogen) atoms. The van der Waals surface area contributed by atoms with Crippen LogP contribution >= 0.6 is 0 Å². The number of nitrogens with zero attached hydrogens (tertiary/aromatic N) is 2. The minimum atomic E-state index is -5.84. The van der Waals surface area contributed by atoms with Gasteiger partial charge in [-0.1, -0.05) is 36.4 Å². The molecule has 6 nitrogen and oxygen atoms in total. The Labute approximate surface area is 223 Å². The quantitative estimate of drug-likeness (QED) is 0.328. The van der Waals surface area contributed by atoms with Crippen LogP contribution in [0.1, 0.15) is 45.7 Å². The number of alkyl halides is 6. The fraction of sp³-hybridized carbons (Fsp3) is 0.519. The highest BCUT2D eigenvalue weighted by atomic mass is 19.4. The summed E-state index contributed by atoms with van der Waals surface area (Å²) < 4.78 is 95.7. The molecule has 1 saturated heterocycles. The summed E-state index contributed by atoms with van der Waals surface area (Å²) in [6, 6.07) is 9.11. The van der Waals surface area contributed by atoms with Gasteiger partial charge in [-0.2, -0.15) is 26.3 Å². The number of hydrogen-bond donors (Lipinski definition) is 1. The first-order valence-electron chi connectivity index (χ1n) is 12.3. The van der Waals surface area contributed by atoms with E-state index in [0.29, 0.717) is 6.07 Å². The smallest absolute Gasteiger partial charge is 0.430 e. The second-order valence-electron chi connectivity index (χ2n) is 10.7. The van der Waals surface area contributed by atoms with Gasteiger partial charge in [0.25, 0.3) is 5.60 Å². The SMILES string of the molecule is CC1CN(c2ccc(C(OCc3ccccc3)(C(F)(F)F)C(F)(F)F)cc2N)C(C)CN1C(=O)OC(C)(C)C. The van der Waals surface area contributed by atoms with Crippen LogP contribution < -0.4 is 10.6 Å². The lowest BCUT2D eigenvalue weighted by molar-refractivity contribution is -0.392. The van der Waals surface area contributed by atoms with Gasteiger partial charge in [0.2, 0.25) is 0 Å². The molecule has 2 aromatic carbocycles. The van der Waals surface area contributed by atoms with E-state index in [2.05, 4.69) is 0 Å². The third-order valence-electron chi connectivity index (χ3n) is 6.45. The second kappa shape index (κ2) is 10.8.